The van der Waals surface area contributed by atoms with Crippen molar-refractivity contribution in [3.8, 4) is 0 Å². The lowest BCUT2D eigenvalue weighted by molar-refractivity contribution is -0.150. The molecule has 66 heavy (non-hydrogen) atoms. The van der Waals surface area contributed by atoms with Crippen LogP contribution in [0, 0.1) is 0 Å². The molecule has 0 radical (unpaired) electrons. The fraction of sp³-hybridized carbons (Fsp3) is 0.733. The van der Waals surface area contributed by atoms with Crippen LogP contribution >= 0.6 is 0 Å². The molecule has 3 N–H and O–H groups in total. The molecule has 0 bridgehead atoms. The van der Waals surface area contributed by atoms with Gasteiger partial charge in [0.1, 0.15) is 6.10 Å². The van der Waals surface area contributed by atoms with Crippen LogP contribution in [0.5, 0.6) is 0 Å². The third kappa shape index (κ3) is 47.5. The third-order valence-electron chi connectivity index (χ3n) is 12.2. The standard InChI is InChI=1S/C60H105NO5/c1-4-7-10-13-16-19-22-24-26-28-29-31-33-35-38-41-44-47-50-53-60(65)66-56(51-48-45-42-39-36-21-18-15-12-9-6-3)54-59(64)61-57(55-62)58(63)52-49-46-43-40-37-34-32-30-27-25-23-20-17-14-11-8-5-2/h7,10,16,19,24,26,29,31,35,38-39,42,44,47,56-58,62-63H,4-6,8-9,11-15,17-18,20-23,25,27-28,30,32-34,36-37,40-41,43,45-46,48-55H2,1-3H3,(H,61,64)/b10-7-,19-16-,26-24-,31-29-,38-35-,42-39-,47-44-. The van der Waals surface area contributed by atoms with Gasteiger partial charge in [0.15, 0.2) is 0 Å². The maximum atomic E-state index is 13.2. The van der Waals surface area contributed by atoms with Crippen LogP contribution in [0.1, 0.15) is 258 Å². The van der Waals surface area contributed by atoms with Crippen LogP contribution in [0.4, 0.5) is 0 Å². The number of rotatable bonds is 49. The number of allylic oxidation sites excluding steroid dienone is 14. The molecule has 0 fully saturated rings. The molecule has 3 unspecified atom stereocenters. The largest absolute Gasteiger partial charge is 0.462 e. The van der Waals surface area contributed by atoms with Gasteiger partial charge in [-0.25, -0.2) is 0 Å². The number of aliphatic hydroxyl groups excluding tert-OH is 2. The van der Waals surface area contributed by atoms with Gasteiger partial charge in [0.2, 0.25) is 5.91 Å². The van der Waals surface area contributed by atoms with Crippen LogP contribution in [-0.2, 0) is 14.3 Å². The zero-order chi connectivity index (χ0) is 48.1. The van der Waals surface area contributed by atoms with Crippen molar-refractivity contribution in [2.75, 3.05) is 6.61 Å². The number of aliphatic hydroxyl groups is 2. The predicted molar refractivity (Wildman–Crippen MR) is 287 cm³/mol. The second-order valence-electron chi connectivity index (χ2n) is 18.6. The summed E-state index contributed by atoms with van der Waals surface area (Å²) in [4.78, 5) is 26.1. The van der Waals surface area contributed by atoms with Crippen molar-refractivity contribution in [2.24, 2.45) is 0 Å². The summed E-state index contributed by atoms with van der Waals surface area (Å²) in [6.45, 7) is 6.35. The Labute approximate surface area is 408 Å². The average molecular weight is 921 g/mol. The quantitative estimate of drug-likeness (QED) is 0.0321. The van der Waals surface area contributed by atoms with E-state index in [4.69, 9.17) is 4.74 Å². The van der Waals surface area contributed by atoms with Crippen molar-refractivity contribution in [3.63, 3.8) is 0 Å². The molecule has 0 saturated heterocycles. The molecule has 380 valence electrons. The van der Waals surface area contributed by atoms with Gasteiger partial charge in [0, 0.05) is 6.42 Å². The van der Waals surface area contributed by atoms with Gasteiger partial charge in [0.05, 0.1) is 25.2 Å². The van der Waals surface area contributed by atoms with E-state index in [0.29, 0.717) is 19.3 Å². The van der Waals surface area contributed by atoms with Gasteiger partial charge in [-0.1, -0.05) is 247 Å². The molecule has 0 aliphatic carbocycles. The lowest BCUT2D eigenvalue weighted by Crippen LogP contribution is -2.46. The molecule has 0 aromatic carbocycles. The highest BCUT2D eigenvalue weighted by Crippen LogP contribution is 2.17. The monoisotopic (exact) mass is 920 g/mol. The lowest BCUT2D eigenvalue weighted by Gasteiger charge is -2.24. The molecule has 6 nitrogen and oxygen atoms in total. The van der Waals surface area contributed by atoms with Crippen LogP contribution in [0.25, 0.3) is 0 Å². The first-order chi connectivity index (χ1) is 32.5. The number of hydrogen-bond donors (Lipinski definition) is 3. The fourth-order valence-corrected chi connectivity index (χ4v) is 8.05. The number of hydrogen-bond acceptors (Lipinski definition) is 5. The molecular weight excluding hydrogens is 815 g/mol. The Hall–Kier alpha value is -2.96. The van der Waals surface area contributed by atoms with Crippen molar-refractivity contribution < 1.29 is 24.5 Å². The average Bonchev–Trinajstić information content (AvgIpc) is 3.31. The number of amides is 1. The Morgan fingerprint density at radius 3 is 1.27 bits per heavy atom. The van der Waals surface area contributed by atoms with E-state index in [1.165, 1.54) is 128 Å². The lowest BCUT2D eigenvalue weighted by atomic mass is 10.0. The Bertz CT molecular complexity index is 1260. The van der Waals surface area contributed by atoms with Crippen LogP contribution in [0.15, 0.2) is 85.1 Å². The minimum absolute atomic E-state index is 0.0233. The van der Waals surface area contributed by atoms with Crippen molar-refractivity contribution in [3.05, 3.63) is 85.1 Å². The fourth-order valence-electron chi connectivity index (χ4n) is 8.05. The second kappa shape index (κ2) is 53.0. The molecule has 0 aromatic rings. The van der Waals surface area contributed by atoms with E-state index < -0.39 is 18.2 Å². The maximum absolute atomic E-state index is 13.2. The third-order valence-corrected chi connectivity index (χ3v) is 12.2. The van der Waals surface area contributed by atoms with Gasteiger partial charge in [-0.05, 0) is 83.5 Å². The minimum Gasteiger partial charge on any atom is -0.462 e. The van der Waals surface area contributed by atoms with Crippen molar-refractivity contribution >= 4 is 11.9 Å². The number of unbranched alkanes of at least 4 members (excludes halogenated alkanes) is 23. The van der Waals surface area contributed by atoms with Crippen molar-refractivity contribution in [1.82, 2.24) is 5.32 Å². The van der Waals surface area contributed by atoms with Gasteiger partial charge in [-0.3, -0.25) is 9.59 Å². The molecule has 0 aliphatic heterocycles. The molecule has 0 rings (SSSR count). The maximum Gasteiger partial charge on any atom is 0.306 e. The summed E-state index contributed by atoms with van der Waals surface area (Å²) in [5.74, 6) is -0.604. The topological polar surface area (TPSA) is 95.9 Å². The van der Waals surface area contributed by atoms with E-state index >= 15 is 0 Å². The van der Waals surface area contributed by atoms with Crippen LogP contribution < -0.4 is 5.32 Å². The van der Waals surface area contributed by atoms with Crippen LogP contribution in [0.3, 0.4) is 0 Å². The molecule has 3 atom stereocenters. The van der Waals surface area contributed by atoms with E-state index in [-0.39, 0.29) is 31.3 Å². The number of carbonyl (C=O) groups excluding carboxylic acids is 2. The summed E-state index contributed by atoms with van der Waals surface area (Å²) < 4.78 is 5.88. The first-order valence-corrected chi connectivity index (χ1v) is 27.8. The van der Waals surface area contributed by atoms with E-state index in [0.717, 1.165) is 77.0 Å². The van der Waals surface area contributed by atoms with Crippen molar-refractivity contribution in [1.29, 1.82) is 0 Å². The molecule has 6 heteroatoms. The zero-order valence-electron chi connectivity index (χ0n) is 43.3. The summed E-state index contributed by atoms with van der Waals surface area (Å²) in [6.07, 6.45) is 69.5. The highest BCUT2D eigenvalue weighted by molar-refractivity contribution is 5.77. The number of ether oxygens (including phenoxy) is 1. The summed E-state index contributed by atoms with van der Waals surface area (Å²) in [7, 11) is 0. The van der Waals surface area contributed by atoms with E-state index in [9.17, 15) is 19.8 Å². The molecule has 0 aliphatic rings. The molecule has 0 heterocycles. The van der Waals surface area contributed by atoms with Gasteiger partial charge < -0.3 is 20.3 Å². The van der Waals surface area contributed by atoms with Gasteiger partial charge in [-0.2, -0.15) is 0 Å². The Balaban J connectivity index is 4.61. The molecule has 0 spiro atoms. The smallest absolute Gasteiger partial charge is 0.306 e. The summed E-state index contributed by atoms with van der Waals surface area (Å²) in [5, 5.41) is 23.8. The Kier molecular flexibility index (Phi) is 50.6. The highest BCUT2D eigenvalue weighted by Gasteiger charge is 2.24. The molecule has 0 aromatic heterocycles. The first kappa shape index (κ1) is 63.0. The summed E-state index contributed by atoms with van der Waals surface area (Å²) in [6, 6.07) is -0.729. The van der Waals surface area contributed by atoms with Crippen LogP contribution in [-0.4, -0.2) is 46.9 Å². The summed E-state index contributed by atoms with van der Waals surface area (Å²) >= 11 is 0. The predicted octanol–water partition coefficient (Wildman–Crippen LogP) is 17.1. The SMILES string of the molecule is CC/C=C\C/C=C\C/C=C\C/C=C\C/C=C\C/C=C\CCC(=O)OC(CCC/C=C\CCCCCCCC)CC(=O)NC(CO)C(O)CCCCCCCCCCCCCCCCCCC. The van der Waals surface area contributed by atoms with Gasteiger partial charge in [-0.15, -0.1) is 0 Å². The molecule has 1 amide bonds. The molecule has 0 saturated carbocycles. The number of esters is 1. The van der Waals surface area contributed by atoms with Crippen molar-refractivity contribution in [2.45, 2.75) is 277 Å². The summed E-state index contributed by atoms with van der Waals surface area (Å²) in [5.41, 5.74) is 0. The first-order valence-electron chi connectivity index (χ1n) is 27.8. The number of nitrogens with one attached hydrogen (secondary N) is 1. The van der Waals surface area contributed by atoms with E-state index in [1.807, 2.05) is 6.08 Å². The van der Waals surface area contributed by atoms with E-state index in [1.54, 1.807) is 0 Å². The highest BCUT2D eigenvalue weighted by atomic mass is 16.5. The number of carbonyl (C=O) groups is 2. The normalized spacial score (nSPS) is 13.8. The minimum atomic E-state index is -0.811. The van der Waals surface area contributed by atoms with E-state index in [2.05, 4.69) is 105 Å². The second-order valence-corrected chi connectivity index (χ2v) is 18.6. The van der Waals surface area contributed by atoms with Crippen LogP contribution in [0.2, 0.25) is 0 Å². The molecular formula is C60H105NO5. The van der Waals surface area contributed by atoms with Gasteiger partial charge in [0.25, 0.3) is 0 Å². The Morgan fingerprint density at radius 1 is 0.455 bits per heavy atom. The van der Waals surface area contributed by atoms with Gasteiger partial charge >= 0.3 is 5.97 Å². The zero-order valence-corrected chi connectivity index (χ0v) is 43.3. The Morgan fingerprint density at radius 2 is 0.833 bits per heavy atom.